The first kappa shape index (κ1) is 10.8. The molecule has 0 saturated carbocycles. The standard InChI is InChI=1S/C7H10O6S/c1-11-7(8)12-3-2-6-4-13-14(9,10)5-6/h4H,2-3,5H2,1H3. The van der Waals surface area contributed by atoms with Crippen LogP contribution in [0.5, 0.6) is 0 Å². The van der Waals surface area contributed by atoms with Crippen molar-refractivity contribution in [3.05, 3.63) is 11.8 Å². The minimum atomic E-state index is -3.42. The van der Waals surface area contributed by atoms with Gasteiger partial charge >= 0.3 is 16.3 Å². The van der Waals surface area contributed by atoms with E-state index in [1.807, 2.05) is 0 Å². The van der Waals surface area contributed by atoms with Gasteiger partial charge in [0.15, 0.2) is 0 Å². The normalized spacial score (nSPS) is 18.2. The van der Waals surface area contributed by atoms with Crippen molar-refractivity contribution < 1.29 is 26.9 Å². The molecule has 80 valence electrons. The van der Waals surface area contributed by atoms with Crippen LogP contribution in [0.15, 0.2) is 11.8 Å². The van der Waals surface area contributed by atoms with E-state index in [1.54, 1.807) is 0 Å². The Morgan fingerprint density at radius 3 is 2.86 bits per heavy atom. The Bertz CT molecular complexity index is 341. The van der Waals surface area contributed by atoms with Crippen LogP contribution in [-0.2, 0) is 23.8 Å². The summed E-state index contributed by atoms with van der Waals surface area (Å²) >= 11 is 0. The molecule has 1 rings (SSSR count). The van der Waals surface area contributed by atoms with Crippen molar-refractivity contribution in [2.45, 2.75) is 6.42 Å². The van der Waals surface area contributed by atoms with Gasteiger partial charge in [0.25, 0.3) is 0 Å². The molecule has 0 amide bonds. The number of hydrogen-bond acceptors (Lipinski definition) is 6. The van der Waals surface area contributed by atoms with Gasteiger partial charge in [0, 0.05) is 6.42 Å². The van der Waals surface area contributed by atoms with Crippen LogP contribution in [0, 0.1) is 0 Å². The van der Waals surface area contributed by atoms with Crippen molar-refractivity contribution >= 4 is 16.3 Å². The lowest BCUT2D eigenvalue weighted by atomic mass is 10.2. The van der Waals surface area contributed by atoms with Gasteiger partial charge in [-0.2, -0.15) is 8.42 Å². The third-order valence-electron chi connectivity index (χ3n) is 1.53. The van der Waals surface area contributed by atoms with Crippen LogP contribution in [0.3, 0.4) is 0 Å². The molecular weight excluding hydrogens is 212 g/mol. The Balaban J connectivity index is 2.24. The first-order valence-corrected chi connectivity index (χ1v) is 5.41. The molecule has 14 heavy (non-hydrogen) atoms. The molecule has 0 aromatic carbocycles. The zero-order chi connectivity index (χ0) is 10.6. The Labute approximate surface area is 81.6 Å². The van der Waals surface area contributed by atoms with E-state index in [4.69, 9.17) is 0 Å². The second kappa shape index (κ2) is 4.32. The van der Waals surface area contributed by atoms with Crippen LogP contribution in [0.25, 0.3) is 0 Å². The van der Waals surface area contributed by atoms with Gasteiger partial charge in [0.05, 0.1) is 13.7 Å². The topological polar surface area (TPSA) is 78.9 Å². The average Bonchev–Trinajstić information content (AvgIpc) is 2.45. The summed E-state index contributed by atoms with van der Waals surface area (Å²) in [6, 6.07) is 0. The zero-order valence-corrected chi connectivity index (χ0v) is 8.37. The maximum Gasteiger partial charge on any atom is 0.507 e. The van der Waals surface area contributed by atoms with E-state index >= 15 is 0 Å². The summed E-state index contributed by atoms with van der Waals surface area (Å²) < 4.78 is 34.7. The number of rotatable bonds is 3. The van der Waals surface area contributed by atoms with Crippen molar-refractivity contribution in [3.8, 4) is 0 Å². The zero-order valence-electron chi connectivity index (χ0n) is 7.56. The molecule has 0 N–H and O–H groups in total. The number of carbonyl (C=O) groups excluding carboxylic acids is 1. The third kappa shape index (κ3) is 3.25. The molecule has 0 fully saturated rings. The van der Waals surface area contributed by atoms with Crippen LogP contribution >= 0.6 is 0 Å². The molecule has 7 heteroatoms. The van der Waals surface area contributed by atoms with Crippen molar-refractivity contribution in [3.63, 3.8) is 0 Å². The van der Waals surface area contributed by atoms with Gasteiger partial charge in [-0.1, -0.05) is 0 Å². The van der Waals surface area contributed by atoms with E-state index < -0.39 is 16.3 Å². The van der Waals surface area contributed by atoms with E-state index in [1.165, 1.54) is 7.11 Å². The second-order valence-electron chi connectivity index (χ2n) is 2.63. The van der Waals surface area contributed by atoms with Gasteiger partial charge in [0.1, 0.15) is 12.0 Å². The first-order valence-electron chi connectivity index (χ1n) is 3.83. The molecule has 0 saturated heterocycles. The van der Waals surface area contributed by atoms with E-state index in [0.29, 0.717) is 12.0 Å². The third-order valence-corrected chi connectivity index (χ3v) is 2.65. The number of carbonyl (C=O) groups is 1. The summed E-state index contributed by atoms with van der Waals surface area (Å²) in [6.45, 7) is 0.0807. The molecule has 0 atom stereocenters. The first-order chi connectivity index (χ1) is 6.53. The molecule has 1 heterocycles. The van der Waals surface area contributed by atoms with Gasteiger partial charge in [0.2, 0.25) is 0 Å². The fourth-order valence-electron chi connectivity index (χ4n) is 0.892. The minimum Gasteiger partial charge on any atom is -0.438 e. The highest BCUT2D eigenvalue weighted by Gasteiger charge is 2.21. The van der Waals surface area contributed by atoms with E-state index in [-0.39, 0.29) is 12.4 Å². The summed E-state index contributed by atoms with van der Waals surface area (Å²) in [4.78, 5) is 10.5. The molecule has 0 unspecified atom stereocenters. The average molecular weight is 222 g/mol. The van der Waals surface area contributed by atoms with Crippen molar-refractivity contribution in [2.75, 3.05) is 19.5 Å². The van der Waals surface area contributed by atoms with E-state index in [9.17, 15) is 13.2 Å². The van der Waals surface area contributed by atoms with E-state index in [0.717, 1.165) is 6.26 Å². The largest absolute Gasteiger partial charge is 0.507 e. The summed E-state index contributed by atoms with van der Waals surface area (Å²) in [6.07, 6.45) is 0.706. The maximum absolute atomic E-state index is 10.8. The molecule has 6 nitrogen and oxygen atoms in total. The van der Waals surface area contributed by atoms with Gasteiger partial charge in [-0.3, -0.25) is 0 Å². The summed E-state index contributed by atoms with van der Waals surface area (Å²) in [5, 5.41) is 0. The van der Waals surface area contributed by atoms with Gasteiger partial charge < -0.3 is 13.7 Å². The molecule has 0 aliphatic carbocycles. The quantitative estimate of drug-likeness (QED) is 0.508. The smallest absolute Gasteiger partial charge is 0.438 e. The molecule has 1 aliphatic rings. The van der Waals surface area contributed by atoms with Crippen LogP contribution in [0.1, 0.15) is 6.42 Å². The molecule has 0 spiro atoms. The lowest BCUT2D eigenvalue weighted by molar-refractivity contribution is 0.0736. The molecule has 1 aliphatic heterocycles. The molecule has 0 aromatic rings. The van der Waals surface area contributed by atoms with Crippen LogP contribution in [0.2, 0.25) is 0 Å². The van der Waals surface area contributed by atoms with Gasteiger partial charge in [-0.05, 0) is 5.57 Å². The van der Waals surface area contributed by atoms with Crippen LogP contribution < -0.4 is 0 Å². The number of ether oxygens (including phenoxy) is 2. The SMILES string of the molecule is COC(=O)OCCC1=COS(=O)(=O)C1. The Hall–Kier alpha value is -1.24. The predicted octanol–water partition coefficient (Wildman–Crippen LogP) is 0.403. The lowest BCUT2D eigenvalue weighted by Gasteiger charge is -2.01. The molecular formula is C7H10O6S. The Morgan fingerprint density at radius 2 is 2.36 bits per heavy atom. The van der Waals surface area contributed by atoms with Crippen LogP contribution in [-0.4, -0.2) is 34.0 Å². The van der Waals surface area contributed by atoms with Crippen LogP contribution in [0.4, 0.5) is 4.79 Å². The second-order valence-corrected chi connectivity index (χ2v) is 4.22. The highest BCUT2D eigenvalue weighted by atomic mass is 32.2. The summed E-state index contributed by atoms with van der Waals surface area (Å²) in [5.41, 5.74) is 0.578. The Morgan fingerprint density at radius 1 is 1.64 bits per heavy atom. The molecule has 0 aromatic heterocycles. The minimum absolute atomic E-state index is 0.0807. The predicted molar refractivity (Wildman–Crippen MR) is 45.9 cm³/mol. The number of hydrogen-bond donors (Lipinski definition) is 0. The fourth-order valence-corrected chi connectivity index (χ4v) is 1.91. The fraction of sp³-hybridized carbons (Fsp3) is 0.571. The highest BCUT2D eigenvalue weighted by Crippen LogP contribution is 2.15. The van der Waals surface area contributed by atoms with E-state index in [2.05, 4.69) is 13.7 Å². The van der Waals surface area contributed by atoms with Gasteiger partial charge in [-0.25, -0.2) is 4.79 Å². The molecule has 0 bridgehead atoms. The number of methoxy groups -OCH3 is 1. The maximum atomic E-state index is 10.8. The Kier molecular flexibility index (Phi) is 3.34. The highest BCUT2D eigenvalue weighted by molar-refractivity contribution is 7.87. The van der Waals surface area contributed by atoms with Crippen molar-refractivity contribution in [2.24, 2.45) is 0 Å². The lowest BCUT2D eigenvalue weighted by Crippen LogP contribution is -2.07. The van der Waals surface area contributed by atoms with Crippen molar-refractivity contribution in [1.82, 2.24) is 0 Å². The summed E-state index contributed by atoms with van der Waals surface area (Å²) in [5.74, 6) is -0.141. The summed E-state index contributed by atoms with van der Waals surface area (Å²) in [7, 11) is -2.22. The molecule has 0 radical (unpaired) electrons. The monoisotopic (exact) mass is 222 g/mol. The van der Waals surface area contributed by atoms with Crippen molar-refractivity contribution in [1.29, 1.82) is 0 Å². The van der Waals surface area contributed by atoms with Gasteiger partial charge in [-0.15, -0.1) is 0 Å².